The second kappa shape index (κ2) is 5.58. The van der Waals surface area contributed by atoms with E-state index >= 15 is 0 Å². The first-order valence-corrected chi connectivity index (χ1v) is 4.85. The summed E-state index contributed by atoms with van der Waals surface area (Å²) >= 11 is 0. The predicted octanol–water partition coefficient (Wildman–Crippen LogP) is 0.630. The van der Waals surface area contributed by atoms with Gasteiger partial charge < -0.3 is 14.8 Å². The molecule has 0 aliphatic heterocycles. The van der Waals surface area contributed by atoms with Crippen LogP contribution in [0.1, 0.15) is 12.5 Å². The van der Waals surface area contributed by atoms with Gasteiger partial charge in [-0.25, -0.2) is 0 Å². The first kappa shape index (κ1) is 11.8. The van der Waals surface area contributed by atoms with Gasteiger partial charge in [-0.3, -0.25) is 0 Å². The minimum Gasteiger partial charge on any atom is -0.489 e. The fraction of sp³-hybridized carbons (Fsp3) is 0.273. The van der Waals surface area contributed by atoms with Crippen LogP contribution in [0.2, 0.25) is 0 Å². The molecule has 0 aromatic heterocycles. The highest BCUT2D eigenvalue weighted by molar-refractivity contribution is 6.58. The lowest BCUT2D eigenvalue weighted by Gasteiger charge is -2.08. The van der Waals surface area contributed by atoms with E-state index in [1.54, 1.807) is 18.2 Å². The van der Waals surface area contributed by atoms with Crippen molar-refractivity contribution in [1.29, 1.82) is 0 Å². The van der Waals surface area contributed by atoms with Crippen LogP contribution in [0.25, 0.3) is 0 Å². The maximum Gasteiger partial charge on any atom is 0.488 e. The van der Waals surface area contributed by atoms with E-state index in [1.807, 2.05) is 26.0 Å². The zero-order valence-electron chi connectivity index (χ0n) is 8.97. The molecule has 0 radical (unpaired) electrons. The minimum atomic E-state index is -1.42. The number of allylic oxidation sites excluding steroid dienone is 1. The molecule has 15 heavy (non-hydrogen) atoms. The predicted molar refractivity (Wildman–Crippen MR) is 61.3 cm³/mol. The largest absolute Gasteiger partial charge is 0.489 e. The molecule has 0 aliphatic carbocycles. The molecule has 0 heterocycles. The Kier molecular flexibility index (Phi) is 4.40. The summed E-state index contributed by atoms with van der Waals surface area (Å²) in [6, 6.07) is 5.09. The summed E-state index contributed by atoms with van der Waals surface area (Å²) in [6.07, 6.45) is 3.83. The molecule has 0 unspecified atom stereocenters. The maximum atomic E-state index is 8.96. The van der Waals surface area contributed by atoms with Gasteiger partial charge >= 0.3 is 7.12 Å². The van der Waals surface area contributed by atoms with E-state index in [0.717, 1.165) is 11.3 Å². The molecule has 1 aromatic carbocycles. The molecule has 4 heteroatoms. The van der Waals surface area contributed by atoms with Gasteiger partial charge in [0.05, 0.1) is 0 Å². The molecule has 0 bridgehead atoms. The zero-order valence-corrected chi connectivity index (χ0v) is 8.97. The summed E-state index contributed by atoms with van der Waals surface area (Å²) in [5.74, 6) is 0.762. The Balaban J connectivity index is 2.74. The third-order valence-electron chi connectivity index (χ3n) is 2.07. The van der Waals surface area contributed by atoms with E-state index < -0.39 is 7.12 Å². The van der Waals surface area contributed by atoms with E-state index in [1.165, 1.54) is 0 Å². The molecular formula is C11H15BO3. The molecule has 0 aliphatic rings. The molecule has 2 N–H and O–H groups in total. The Bertz CT molecular complexity index is 348. The summed E-state index contributed by atoms with van der Waals surface area (Å²) in [4.78, 5) is 0. The number of benzene rings is 1. The molecule has 1 aromatic rings. The van der Waals surface area contributed by atoms with Crippen molar-refractivity contribution >= 4 is 12.6 Å². The van der Waals surface area contributed by atoms with Crippen molar-refractivity contribution in [1.82, 2.24) is 0 Å². The molecule has 0 saturated heterocycles. The molecule has 80 valence electrons. The lowest BCUT2D eigenvalue weighted by atomic mass is 9.79. The van der Waals surface area contributed by atoms with Crippen molar-refractivity contribution in [2.75, 3.05) is 6.61 Å². The van der Waals surface area contributed by atoms with Gasteiger partial charge in [0.2, 0.25) is 0 Å². The number of hydrogen-bond acceptors (Lipinski definition) is 3. The third-order valence-corrected chi connectivity index (χ3v) is 2.07. The van der Waals surface area contributed by atoms with E-state index in [2.05, 4.69) is 0 Å². The normalized spacial score (nSPS) is 10.7. The molecule has 0 amide bonds. The Morgan fingerprint density at radius 2 is 2.13 bits per heavy atom. The minimum absolute atomic E-state index is 0.478. The molecule has 0 spiro atoms. The summed E-state index contributed by atoms with van der Waals surface area (Å²) in [7, 11) is -1.42. The van der Waals surface area contributed by atoms with Crippen molar-refractivity contribution in [3.05, 3.63) is 35.9 Å². The van der Waals surface area contributed by atoms with E-state index in [0.29, 0.717) is 12.1 Å². The average Bonchev–Trinajstić information content (AvgIpc) is 2.20. The van der Waals surface area contributed by atoms with E-state index in [4.69, 9.17) is 14.8 Å². The number of hydrogen-bond donors (Lipinski definition) is 2. The molecule has 3 nitrogen and oxygen atoms in total. The Labute approximate surface area is 90.2 Å². The zero-order chi connectivity index (χ0) is 11.3. The van der Waals surface area contributed by atoms with Crippen molar-refractivity contribution < 1.29 is 14.8 Å². The number of ether oxygens (including phenoxy) is 1. The lowest BCUT2D eigenvalue weighted by Crippen LogP contribution is -2.29. The summed E-state index contributed by atoms with van der Waals surface area (Å²) < 4.78 is 5.46. The van der Waals surface area contributed by atoms with Gasteiger partial charge in [-0.2, -0.15) is 0 Å². The van der Waals surface area contributed by atoms with Gasteiger partial charge in [0.25, 0.3) is 0 Å². The van der Waals surface area contributed by atoms with Gasteiger partial charge in [-0.15, -0.1) is 0 Å². The first-order chi connectivity index (χ1) is 7.15. The van der Waals surface area contributed by atoms with Gasteiger partial charge in [-0.05, 0) is 30.9 Å². The SMILES string of the molecule is CC=CCOc1ccc(B(O)O)cc1C. The number of aryl methyl sites for hydroxylation is 1. The highest BCUT2D eigenvalue weighted by Crippen LogP contribution is 2.15. The van der Waals surface area contributed by atoms with Crippen molar-refractivity contribution in [3.63, 3.8) is 0 Å². The fourth-order valence-electron chi connectivity index (χ4n) is 1.23. The van der Waals surface area contributed by atoms with Crippen LogP contribution in [0.15, 0.2) is 30.4 Å². The highest BCUT2D eigenvalue weighted by Gasteiger charge is 2.11. The van der Waals surface area contributed by atoms with Gasteiger partial charge in [0.15, 0.2) is 0 Å². The molecule has 1 rings (SSSR count). The van der Waals surface area contributed by atoms with Crippen LogP contribution in [0, 0.1) is 6.92 Å². The molecule has 0 atom stereocenters. The van der Waals surface area contributed by atoms with Crippen LogP contribution in [-0.2, 0) is 0 Å². The fourth-order valence-corrected chi connectivity index (χ4v) is 1.23. The van der Waals surface area contributed by atoms with E-state index in [-0.39, 0.29) is 0 Å². The van der Waals surface area contributed by atoms with Crippen LogP contribution in [0.3, 0.4) is 0 Å². The molecular weight excluding hydrogens is 191 g/mol. The van der Waals surface area contributed by atoms with Crippen LogP contribution in [0.4, 0.5) is 0 Å². The van der Waals surface area contributed by atoms with Crippen LogP contribution < -0.4 is 10.2 Å². The smallest absolute Gasteiger partial charge is 0.488 e. The standard InChI is InChI=1S/C11H15BO3/c1-3-4-7-15-11-6-5-10(12(13)14)8-9(11)2/h3-6,8,13-14H,7H2,1-2H3. The average molecular weight is 206 g/mol. The van der Waals surface area contributed by atoms with Gasteiger partial charge in [0.1, 0.15) is 12.4 Å². The van der Waals surface area contributed by atoms with Crippen LogP contribution >= 0.6 is 0 Å². The summed E-state index contributed by atoms with van der Waals surface area (Å²) in [6.45, 7) is 4.33. The monoisotopic (exact) mass is 206 g/mol. The van der Waals surface area contributed by atoms with Gasteiger partial charge in [0, 0.05) is 0 Å². The Morgan fingerprint density at radius 1 is 1.40 bits per heavy atom. The van der Waals surface area contributed by atoms with E-state index in [9.17, 15) is 0 Å². The summed E-state index contributed by atoms with van der Waals surface area (Å²) in [5, 5.41) is 17.9. The van der Waals surface area contributed by atoms with Crippen molar-refractivity contribution in [2.24, 2.45) is 0 Å². The molecule has 0 saturated carbocycles. The Hall–Kier alpha value is -1.26. The van der Waals surface area contributed by atoms with Crippen molar-refractivity contribution in [3.8, 4) is 5.75 Å². The number of rotatable bonds is 4. The second-order valence-electron chi connectivity index (χ2n) is 3.28. The highest BCUT2D eigenvalue weighted by atomic mass is 16.5. The third kappa shape index (κ3) is 3.42. The Morgan fingerprint density at radius 3 is 2.67 bits per heavy atom. The quantitative estimate of drug-likeness (QED) is 0.561. The second-order valence-corrected chi connectivity index (χ2v) is 3.28. The van der Waals surface area contributed by atoms with Crippen molar-refractivity contribution in [2.45, 2.75) is 13.8 Å². The topological polar surface area (TPSA) is 49.7 Å². The van der Waals surface area contributed by atoms with Crippen LogP contribution in [0.5, 0.6) is 5.75 Å². The van der Waals surface area contributed by atoms with Crippen LogP contribution in [-0.4, -0.2) is 23.8 Å². The maximum absolute atomic E-state index is 8.96. The first-order valence-electron chi connectivity index (χ1n) is 4.85. The van der Waals surface area contributed by atoms with Gasteiger partial charge in [-0.1, -0.05) is 24.3 Å². The summed E-state index contributed by atoms with van der Waals surface area (Å²) in [5.41, 5.74) is 1.37. The molecule has 0 fully saturated rings. The lowest BCUT2D eigenvalue weighted by molar-refractivity contribution is 0.360.